The average Bonchev–Trinajstić information content (AvgIpc) is 2.92. The van der Waals surface area contributed by atoms with Crippen molar-refractivity contribution in [1.82, 2.24) is 14.5 Å². The standard InChI is InChI=1S/C18H12F3N3/c1-11-9-13(7-8-22-11)3-4-14-10-24(12(2)23-14)16-6-5-15(19)17(20)18(16)21/h5-10H,1-2H3. The maximum atomic E-state index is 13.9. The maximum absolute atomic E-state index is 13.9. The Morgan fingerprint density at radius 3 is 2.54 bits per heavy atom. The summed E-state index contributed by atoms with van der Waals surface area (Å²) in [6.07, 6.45) is 3.13. The summed E-state index contributed by atoms with van der Waals surface area (Å²) in [6.45, 7) is 3.48. The second-order valence-corrected chi connectivity index (χ2v) is 5.17. The molecule has 6 heteroatoms. The highest BCUT2D eigenvalue weighted by molar-refractivity contribution is 5.42. The highest BCUT2D eigenvalue weighted by Gasteiger charge is 2.16. The number of halogens is 3. The molecular weight excluding hydrogens is 315 g/mol. The molecule has 2 heterocycles. The first-order valence-corrected chi connectivity index (χ1v) is 7.10. The van der Waals surface area contributed by atoms with Gasteiger partial charge in [-0.25, -0.2) is 18.2 Å². The van der Waals surface area contributed by atoms with Gasteiger partial charge in [0.05, 0.1) is 5.69 Å². The van der Waals surface area contributed by atoms with Crippen LogP contribution in [-0.4, -0.2) is 14.5 Å². The Balaban J connectivity index is 1.99. The lowest BCUT2D eigenvalue weighted by molar-refractivity contribution is 0.444. The van der Waals surface area contributed by atoms with Crippen LogP contribution in [0.1, 0.15) is 22.8 Å². The van der Waals surface area contributed by atoms with E-state index in [1.807, 2.05) is 13.0 Å². The van der Waals surface area contributed by atoms with E-state index in [0.29, 0.717) is 11.5 Å². The van der Waals surface area contributed by atoms with Gasteiger partial charge in [-0.2, -0.15) is 0 Å². The van der Waals surface area contributed by atoms with Crippen LogP contribution in [0.25, 0.3) is 5.69 Å². The van der Waals surface area contributed by atoms with Gasteiger partial charge in [-0.05, 0) is 44.0 Å². The fourth-order valence-corrected chi connectivity index (χ4v) is 2.24. The van der Waals surface area contributed by atoms with Gasteiger partial charge in [0.15, 0.2) is 17.5 Å². The molecule has 3 nitrogen and oxygen atoms in total. The topological polar surface area (TPSA) is 30.7 Å². The van der Waals surface area contributed by atoms with Gasteiger partial charge in [0.25, 0.3) is 0 Å². The lowest BCUT2D eigenvalue weighted by Gasteiger charge is -2.06. The minimum absolute atomic E-state index is 0.119. The number of rotatable bonds is 1. The van der Waals surface area contributed by atoms with Gasteiger partial charge >= 0.3 is 0 Å². The van der Waals surface area contributed by atoms with Crippen molar-refractivity contribution in [2.45, 2.75) is 13.8 Å². The zero-order valence-electron chi connectivity index (χ0n) is 12.9. The van der Waals surface area contributed by atoms with E-state index in [1.54, 1.807) is 19.2 Å². The third-order valence-corrected chi connectivity index (χ3v) is 3.39. The molecule has 0 saturated heterocycles. The first-order chi connectivity index (χ1) is 11.5. The van der Waals surface area contributed by atoms with Crippen LogP contribution in [0.5, 0.6) is 0 Å². The summed E-state index contributed by atoms with van der Waals surface area (Å²) >= 11 is 0. The Labute approximate surface area is 136 Å². The first kappa shape index (κ1) is 15.8. The van der Waals surface area contributed by atoms with Crippen molar-refractivity contribution in [3.63, 3.8) is 0 Å². The molecule has 0 radical (unpaired) electrons. The van der Waals surface area contributed by atoms with E-state index in [0.717, 1.165) is 23.4 Å². The largest absolute Gasteiger partial charge is 0.300 e. The highest BCUT2D eigenvalue weighted by atomic mass is 19.2. The molecule has 0 unspecified atom stereocenters. The molecule has 0 aliphatic rings. The van der Waals surface area contributed by atoms with Gasteiger partial charge in [0, 0.05) is 23.7 Å². The lowest BCUT2D eigenvalue weighted by Crippen LogP contribution is -2.02. The molecule has 0 aliphatic carbocycles. The molecule has 24 heavy (non-hydrogen) atoms. The summed E-state index contributed by atoms with van der Waals surface area (Å²) in [7, 11) is 0. The van der Waals surface area contributed by atoms with Crippen LogP contribution in [0, 0.1) is 43.1 Å². The fraction of sp³-hybridized carbons (Fsp3) is 0.111. The van der Waals surface area contributed by atoms with Crippen molar-refractivity contribution in [3.8, 4) is 17.5 Å². The van der Waals surface area contributed by atoms with Crippen molar-refractivity contribution in [2.75, 3.05) is 0 Å². The number of aromatic nitrogens is 3. The molecule has 120 valence electrons. The molecular formula is C18H12F3N3. The van der Waals surface area contributed by atoms with E-state index in [4.69, 9.17) is 0 Å². The first-order valence-electron chi connectivity index (χ1n) is 7.10. The second-order valence-electron chi connectivity index (χ2n) is 5.17. The van der Waals surface area contributed by atoms with Crippen LogP contribution in [0.15, 0.2) is 36.7 Å². The minimum atomic E-state index is -1.51. The highest BCUT2D eigenvalue weighted by Crippen LogP contribution is 2.20. The fourth-order valence-electron chi connectivity index (χ4n) is 2.24. The zero-order valence-corrected chi connectivity index (χ0v) is 12.9. The SMILES string of the molecule is Cc1cc(C#Cc2cn(-c3ccc(F)c(F)c3F)c(C)n2)ccn1. The molecule has 2 aromatic heterocycles. The van der Waals surface area contributed by atoms with E-state index in [2.05, 4.69) is 21.8 Å². The summed E-state index contributed by atoms with van der Waals surface area (Å²) in [5.41, 5.74) is 1.89. The lowest BCUT2D eigenvalue weighted by atomic mass is 10.2. The van der Waals surface area contributed by atoms with Gasteiger partial charge < -0.3 is 0 Å². The number of imidazole rings is 1. The average molecular weight is 327 g/mol. The van der Waals surface area contributed by atoms with Crippen LogP contribution < -0.4 is 0 Å². The van der Waals surface area contributed by atoms with Crippen molar-refractivity contribution in [1.29, 1.82) is 0 Å². The summed E-state index contributed by atoms with van der Waals surface area (Å²) in [5, 5.41) is 0. The smallest absolute Gasteiger partial charge is 0.196 e. The van der Waals surface area contributed by atoms with E-state index >= 15 is 0 Å². The number of benzene rings is 1. The molecule has 0 fully saturated rings. The van der Waals surface area contributed by atoms with E-state index in [1.165, 1.54) is 10.8 Å². The zero-order chi connectivity index (χ0) is 17.3. The summed E-state index contributed by atoms with van der Waals surface area (Å²) < 4.78 is 41.7. The van der Waals surface area contributed by atoms with Crippen molar-refractivity contribution < 1.29 is 13.2 Å². The quantitative estimate of drug-likeness (QED) is 0.504. The summed E-state index contributed by atoms with van der Waals surface area (Å²) in [5.74, 6) is 2.20. The molecule has 1 aromatic carbocycles. The van der Waals surface area contributed by atoms with E-state index < -0.39 is 17.5 Å². The molecule has 0 atom stereocenters. The van der Waals surface area contributed by atoms with Crippen LogP contribution in [-0.2, 0) is 0 Å². The molecule has 0 amide bonds. The summed E-state index contributed by atoms with van der Waals surface area (Å²) in [4.78, 5) is 8.29. The second kappa shape index (κ2) is 6.20. The number of nitrogens with zero attached hydrogens (tertiary/aromatic N) is 3. The Kier molecular flexibility index (Phi) is 4.09. The Morgan fingerprint density at radius 1 is 1.00 bits per heavy atom. The van der Waals surface area contributed by atoms with Crippen LogP contribution >= 0.6 is 0 Å². The summed E-state index contributed by atoms with van der Waals surface area (Å²) in [6, 6.07) is 5.62. The molecule has 0 saturated carbocycles. The number of hydrogen-bond acceptors (Lipinski definition) is 2. The van der Waals surface area contributed by atoms with Gasteiger partial charge in [-0.1, -0.05) is 5.92 Å². The van der Waals surface area contributed by atoms with Gasteiger partial charge in [-0.15, -0.1) is 0 Å². The van der Waals surface area contributed by atoms with Crippen LogP contribution in [0.3, 0.4) is 0 Å². The molecule has 0 N–H and O–H groups in total. The van der Waals surface area contributed by atoms with Crippen molar-refractivity contribution in [3.05, 3.63) is 76.9 Å². The number of hydrogen-bond donors (Lipinski definition) is 0. The van der Waals surface area contributed by atoms with Crippen LogP contribution in [0.4, 0.5) is 13.2 Å². The predicted molar refractivity (Wildman–Crippen MR) is 83.1 cm³/mol. The molecule has 3 aromatic rings. The maximum Gasteiger partial charge on any atom is 0.196 e. The van der Waals surface area contributed by atoms with E-state index in [9.17, 15) is 13.2 Å². The Bertz CT molecular complexity index is 981. The third-order valence-electron chi connectivity index (χ3n) is 3.39. The van der Waals surface area contributed by atoms with Crippen molar-refractivity contribution >= 4 is 0 Å². The molecule has 0 bridgehead atoms. The van der Waals surface area contributed by atoms with Gasteiger partial charge in [-0.3, -0.25) is 9.55 Å². The predicted octanol–water partition coefficient (Wildman–Crippen LogP) is 3.70. The Morgan fingerprint density at radius 2 is 1.79 bits per heavy atom. The van der Waals surface area contributed by atoms with Crippen LogP contribution in [0.2, 0.25) is 0 Å². The molecule has 0 aliphatic heterocycles. The monoisotopic (exact) mass is 327 g/mol. The van der Waals surface area contributed by atoms with Crippen molar-refractivity contribution in [2.24, 2.45) is 0 Å². The normalized spacial score (nSPS) is 10.4. The van der Waals surface area contributed by atoms with Gasteiger partial charge in [0.1, 0.15) is 11.5 Å². The molecule has 3 rings (SSSR count). The van der Waals surface area contributed by atoms with Gasteiger partial charge in [0.2, 0.25) is 0 Å². The number of pyridine rings is 1. The minimum Gasteiger partial charge on any atom is -0.300 e. The Hall–Kier alpha value is -3.07. The number of aryl methyl sites for hydroxylation is 2. The third kappa shape index (κ3) is 3.01. The molecule has 0 spiro atoms. The van der Waals surface area contributed by atoms with E-state index in [-0.39, 0.29) is 5.69 Å².